The first-order valence-corrected chi connectivity index (χ1v) is 7.29. The molecule has 0 fully saturated rings. The van der Waals surface area contributed by atoms with E-state index in [1.165, 1.54) is 22.1 Å². The highest BCUT2D eigenvalue weighted by molar-refractivity contribution is 7.12. The SMILES string of the molecule is O=C(c1cccs1)c1ccc2c3ccccc3ccn12. The van der Waals surface area contributed by atoms with E-state index < -0.39 is 0 Å². The Labute approximate surface area is 119 Å². The molecule has 0 amide bonds. The third-order valence-electron chi connectivity index (χ3n) is 3.54. The maximum absolute atomic E-state index is 12.5. The van der Waals surface area contributed by atoms with Gasteiger partial charge in [0.2, 0.25) is 5.78 Å². The molecule has 0 saturated heterocycles. The van der Waals surface area contributed by atoms with Crippen LogP contribution in [0.5, 0.6) is 0 Å². The second-order valence-electron chi connectivity index (χ2n) is 4.68. The van der Waals surface area contributed by atoms with Crippen LogP contribution in [0.25, 0.3) is 16.3 Å². The molecule has 4 rings (SSSR count). The van der Waals surface area contributed by atoms with Gasteiger partial charge in [0.15, 0.2) is 0 Å². The van der Waals surface area contributed by atoms with Gasteiger partial charge in [0.1, 0.15) is 0 Å². The number of nitrogens with zero attached hydrogens (tertiary/aromatic N) is 1. The highest BCUT2D eigenvalue weighted by Crippen LogP contribution is 2.24. The molecule has 3 heteroatoms. The highest BCUT2D eigenvalue weighted by Gasteiger charge is 2.14. The molecule has 96 valence electrons. The summed E-state index contributed by atoms with van der Waals surface area (Å²) < 4.78 is 1.98. The number of thiophene rings is 1. The summed E-state index contributed by atoms with van der Waals surface area (Å²) in [6.45, 7) is 0. The number of pyridine rings is 1. The highest BCUT2D eigenvalue weighted by atomic mass is 32.1. The van der Waals surface area contributed by atoms with Crippen LogP contribution in [0.15, 0.2) is 66.2 Å². The minimum absolute atomic E-state index is 0.0790. The Morgan fingerprint density at radius 2 is 1.85 bits per heavy atom. The van der Waals surface area contributed by atoms with Crippen molar-refractivity contribution in [2.75, 3.05) is 0 Å². The number of carbonyl (C=O) groups excluding carboxylic acids is 1. The van der Waals surface area contributed by atoms with Crippen LogP contribution < -0.4 is 0 Å². The van der Waals surface area contributed by atoms with Crippen molar-refractivity contribution in [2.24, 2.45) is 0 Å². The molecule has 3 heterocycles. The topological polar surface area (TPSA) is 21.5 Å². The molecule has 0 radical (unpaired) electrons. The molecule has 1 aromatic carbocycles. The Morgan fingerprint density at radius 1 is 0.950 bits per heavy atom. The molecule has 0 atom stereocenters. The maximum atomic E-state index is 12.5. The summed E-state index contributed by atoms with van der Waals surface area (Å²) in [5, 5.41) is 4.28. The van der Waals surface area contributed by atoms with Gasteiger partial charge in [-0.3, -0.25) is 4.79 Å². The van der Waals surface area contributed by atoms with Gasteiger partial charge in [0, 0.05) is 11.6 Å². The average Bonchev–Trinajstić information content (AvgIpc) is 3.16. The first kappa shape index (κ1) is 11.4. The normalized spacial score (nSPS) is 11.2. The fourth-order valence-electron chi connectivity index (χ4n) is 2.58. The molecule has 3 aromatic heterocycles. The van der Waals surface area contributed by atoms with Crippen molar-refractivity contribution < 1.29 is 4.79 Å². The van der Waals surface area contributed by atoms with Crippen molar-refractivity contribution in [3.63, 3.8) is 0 Å². The van der Waals surface area contributed by atoms with Crippen molar-refractivity contribution in [1.82, 2.24) is 4.40 Å². The second kappa shape index (κ2) is 4.32. The molecule has 0 aliphatic carbocycles. The van der Waals surface area contributed by atoms with Crippen LogP contribution in [0.4, 0.5) is 0 Å². The average molecular weight is 277 g/mol. The molecule has 4 aromatic rings. The number of rotatable bonds is 2. The molecule has 0 aliphatic heterocycles. The van der Waals surface area contributed by atoms with Crippen molar-refractivity contribution in [1.29, 1.82) is 0 Å². The van der Waals surface area contributed by atoms with Gasteiger partial charge in [-0.1, -0.05) is 30.3 Å². The third kappa shape index (κ3) is 1.60. The Bertz CT molecular complexity index is 919. The lowest BCUT2D eigenvalue weighted by Crippen LogP contribution is -2.03. The third-order valence-corrected chi connectivity index (χ3v) is 4.40. The molecule has 0 aliphatic rings. The van der Waals surface area contributed by atoms with Crippen LogP contribution in [0, 0.1) is 0 Å². The van der Waals surface area contributed by atoms with Crippen molar-refractivity contribution in [3.05, 3.63) is 76.7 Å². The lowest BCUT2D eigenvalue weighted by Gasteiger charge is -2.04. The number of fused-ring (bicyclic) bond motifs is 3. The molecule has 0 unspecified atom stereocenters. The lowest BCUT2D eigenvalue weighted by molar-refractivity contribution is 0.103. The molecule has 0 N–H and O–H groups in total. The van der Waals surface area contributed by atoms with E-state index in [-0.39, 0.29) is 5.78 Å². The van der Waals surface area contributed by atoms with Gasteiger partial charge < -0.3 is 4.40 Å². The number of ketones is 1. The summed E-state index contributed by atoms with van der Waals surface area (Å²) in [5.74, 6) is 0.0790. The van der Waals surface area contributed by atoms with E-state index in [2.05, 4.69) is 12.1 Å². The predicted octanol–water partition coefficient (Wildman–Crippen LogP) is 4.39. The molecule has 0 saturated carbocycles. The van der Waals surface area contributed by atoms with Gasteiger partial charge in [0.25, 0.3) is 0 Å². The summed E-state index contributed by atoms with van der Waals surface area (Å²) in [6, 6.07) is 18.0. The monoisotopic (exact) mass is 277 g/mol. The second-order valence-corrected chi connectivity index (χ2v) is 5.63. The van der Waals surface area contributed by atoms with Gasteiger partial charge in [-0.25, -0.2) is 0 Å². The van der Waals surface area contributed by atoms with E-state index >= 15 is 0 Å². The van der Waals surface area contributed by atoms with E-state index in [0.29, 0.717) is 5.69 Å². The van der Waals surface area contributed by atoms with Crippen LogP contribution in [0.3, 0.4) is 0 Å². The smallest absolute Gasteiger partial charge is 0.219 e. The standard InChI is InChI=1S/C17H11NOS/c19-17(16-6-3-11-20-16)15-8-7-14-13-5-2-1-4-12(13)9-10-18(14)15/h1-11H. The molecular formula is C17H11NOS. The van der Waals surface area contributed by atoms with E-state index in [1.54, 1.807) is 0 Å². The van der Waals surface area contributed by atoms with E-state index in [1.807, 2.05) is 58.4 Å². The van der Waals surface area contributed by atoms with Crippen molar-refractivity contribution in [3.8, 4) is 0 Å². The molecule has 20 heavy (non-hydrogen) atoms. The van der Waals surface area contributed by atoms with Gasteiger partial charge in [-0.15, -0.1) is 11.3 Å². The molecule has 2 nitrogen and oxygen atoms in total. The van der Waals surface area contributed by atoms with Crippen molar-refractivity contribution in [2.45, 2.75) is 0 Å². The van der Waals surface area contributed by atoms with Crippen LogP contribution in [0.2, 0.25) is 0 Å². The summed E-state index contributed by atoms with van der Waals surface area (Å²) in [4.78, 5) is 13.3. The fraction of sp³-hybridized carbons (Fsp3) is 0. The first-order chi connectivity index (χ1) is 9.84. The minimum Gasteiger partial charge on any atom is -0.313 e. The van der Waals surface area contributed by atoms with Crippen LogP contribution in [-0.2, 0) is 0 Å². The Balaban J connectivity index is 1.98. The summed E-state index contributed by atoms with van der Waals surface area (Å²) in [6.07, 6.45) is 1.97. The van der Waals surface area contributed by atoms with E-state index in [0.717, 1.165) is 10.4 Å². The Morgan fingerprint density at radius 3 is 2.70 bits per heavy atom. The first-order valence-electron chi connectivity index (χ1n) is 6.41. The van der Waals surface area contributed by atoms with Crippen molar-refractivity contribution >= 4 is 33.4 Å². The van der Waals surface area contributed by atoms with Gasteiger partial charge >= 0.3 is 0 Å². The minimum atomic E-state index is 0.0790. The maximum Gasteiger partial charge on any atom is 0.219 e. The number of carbonyl (C=O) groups is 1. The zero-order chi connectivity index (χ0) is 13.5. The lowest BCUT2D eigenvalue weighted by atomic mass is 10.1. The molecule has 0 bridgehead atoms. The van der Waals surface area contributed by atoms with Gasteiger partial charge in [-0.2, -0.15) is 0 Å². The quantitative estimate of drug-likeness (QED) is 0.498. The number of hydrogen-bond donors (Lipinski definition) is 0. The number of hydrogen-bond acceptors (Lipinski definition) is 2. The Kier molecular flexibility index (Phi) is 2.47. The zero-order valence-corrected chi connectivity index (χ0v) is 11.4. The van der Waals surface area contributed by atoms with Gasteiger partial charge in [0.05, 0.1) is 16.1 Å². The summed E-state index contributed by atoms with van der Waals surface area (Å²) >= 11 is 1.48. The summed E-state index contributed by atoms with van der Waals surface area (Å²) in [5.41, 5.74) is 1.79. The molecule has 0 spiro atoms. The summed E-state index contributed by atoms with van der Waals surface area (Å²) in [7, 11) is 0. The van der Waals surface area contributed by atoms with Crippen LogP contribution >= 0.6 is 11.3 Å². The number of benzene rings is 1. The van der Waals surface area contributed by atoms with Crippen LogP contribution in [0.1, 0.15) is 15.4 Å². The largest absolute Gasteiger partial charge is 0.313 e. The van der Waals surface area contributed by atoms with Gasteiger partial charge in [-0.05, 0) is 35.0 Å². The fourth-order valence-corrected chi connectivity index (χ4v) is 3.25. The molecular weight excluding hydrogens is 266 g/mol. The Hall–Kier alpha value is -2.39. The predicted molar refractivity (Wildman–Crippen MR) is 82.7 cm³/mol. The zero-order valence-electron chi connectivity index (χ0n) is 10.6. The van der Waals surface area contributed by atoms with E-state index in [4.69, 9.17) is 0 Å². The van der Waals surface area contributed by atoms with Crippen LogP contribution in [-0.4, -0.2) is 10.2 Å². The number of aromatic nitrogens is 1. The van der Waals surface area contributed by atoms with E-state index in [9.17, 15) is 4.79 Å².